The minimum Gasteiger partial charge on any atom is -0.336 e. The topological polar surface area (TPSA) is 61.4 Å². The second-order valence-corrected chi connectivity index (χ2v) is 5.42. The molecule has 7 heteroatoms. The van der Waals surface area contributed by atoms with Crippen molar-refractivity contribution < 1.29 is 14.0 Å². The summed E-state index contributed by atoms with van der Waals surface area (Å²) in [5.74, 6) is -0.929. The molecular formula is C16H13ClFN3O2. The first-order valence-corrected chi connectivity index (χ1v) is 7.34. The van der Waals surface area contributed by atoms with Crippen LogP contribution in [0.3, 0.4) is 0 Å². The van der Waals surface area contributed by atoms with Crippen LogP contribution in [0.5, 0.6) is 0 Å². The predicted octanol–water partition coefficient (Wildman–Crippen LogP) is 3.26. The molecule has 0 aromatic heterocycles. The van der Waals surface area contributed by atoms with Crippen molar-refractivity contribution in [3.63, 3.8) is 0 Å². The molecule has 0 atom stereocenters. The molecule has 0 aliphatic carbocycles. The number of carbonyl (C=O) groups is 2. The average molecular weight is 334 g/mol. The van der Waals surface area contributed by atoms with Gasteiger partial charge < -0.3 is 10.6 Å². The van der Waals surface area contributed by atoms with E-state index in [9.17, 15) is 14.0 Å². The second kappa shape index (κ2) is 6.26. The molecule has 1 aliphatic heterocycles. The first-order chi connectivity index (χ1) is 11.0. The quantitative estimate of drug-likeness (QED) is 0.905. The monoisotopic (exact) mass is 333 g/mol. The lowest BCUT2D eigenvalue weighted by atomic mass is 10.2. The lowest BCUT2D eigenvalue weighted by Gasteiger charge is -2.14. The fourth-order valence-corrected chi connectivity index (χ4v) is 2.57. The zero-order valence-electron chi connectivity index (χ0n) is 12.0. The highest BCUT2D eigenvalue weighted by Gasteiger charge is 2.20. The highest BCUT2D eigenvalue weighted by Crippen LogP contribution is 2.22. The Hall–Kier alpha value is -2.60. The molecule has 1 saturated heterocycles. The van der Waals surface area contributed by atoms with E-state index in [1.807, 2.05) is 0 Å². The summed E-state index contributed by atoms with van der Waals surface area (Å²) < 4.78 is 13.0. The molecule has 1 fully saturated rings. The lowest BCUT2D eigenvalue weighted by molar-refractivity contribution is 0.102. The lowest BCUT2D eigenvalue weighted by Crippen LogP contribution is -2.27. The number of nitrogens with one attached hydrogen (secondary N) is 2. The van der Waals surface area contributed by atoms with Gasteiger partial charge in [-0.15, -0.1) is 0 Å². The number of rotatable bonds is 3. The van der Waals surface area contributed by atoms with Crippen molar-refractivity contribution in [1.29, 1.82) is 0 Å². The predicted molar refractivity (Wildman–Crippen MR) is 86.5 cm³/mol. The minimum atomic E-state index is -0.500. The van der Waals surface area contributed by atoms with E-state index in [0.29, 0.717) is 18.8 Å². The Kier molecular flexibility index (Phi) is 4.16. The molecule has 1 heterocycles. The van der Waals surface area contributed by atoms with Crippen molar-refractivity contribution >= 4 is 34.9 Å². The van der Waals surface area contributed by atoms with Gasteiger partial charge in [-0.3, -0.25) is 9.69 Å². The summed E-state index contributed by atoms with van der Waals surface area (Å²) in [6, 6.07) is 10.3. The van der Waals surface area contributed by atoms with Crippen LogP contribution < -0.4 is 15.5 Å². The Balaban J connectivity index is 1.73. The third-order valence-corrected chi connectivity index (χ3v) is 3.78. The van der Waals surface area contributed by atoms with Gasteiger partial charge in [0.2, 0.25) is 0 Å². The van der Waals surface area contributed by atoms with Crippen LogP contribution in [0.25, 0.3) is 0 Å². The van der Waals surface area contributed by atoms with Gasteiger partial charge in [0.25, 0.3) is 5.91 Å². The van der Waals surface area contributed by atoms with E-state index < -0.39 is 11.7 Å². The fourth-order valence-electron chi connectivity index (χ4n) is 2.31. The van der Waals surface area contributed by atoms with Gasteiger partial charge in [0, 0.05) is 24.5 Å². The highest BCUT2D eigenvalue weighted by atomic mass is 35.5. The molecule has 118 valence electrons. The third-order valence-electron chi connectivity index (χ3n) is 3.47. The maximum absolute atomic E-state index is 13.0. The maximum atomic E-state index is 13.0. The van der Waals surface area contributed by atoms with Crippen LogP contribution in [0.2, 0.25) is 5.02 Å². The van der Waals surface area contributed by atoms with Crippen molar-refractivity contribution in [3.05, 3.63) is 58.9 Å². The van der Waals surface area contributed by atoms with E-state index in [-0.39, 0.29) is 16.6 Å². The second-order valence-electron chi connectivity index (χ2n) is 5.01. The number of hydrogen-bond acceptors (Lipinski definition) is 2. The summed E-state index contributed by atoms with van der Waals surface area (Å²) in [7, 11) is 0. The SMILES string of the molecule is O=C(Nc1ccc(N2CCNC2=O)cc1)c1ccc(F)cc1Cl. The third kappa shape index (κ3) is 3.27. The van der Waals surface area contributed by atoms with E-state index in [4.69, 9.17) is 11.6 Å². The van der Waals surface area contributed by atoms with Crippen LogP contribution in [-0.2, 0) is 0 Å². The van der Waals surface area contributed by atoms with Crippen LogP contribution in [-0.4, -0.2) is 25.0 Å². The van der Waals surface area contributed by atoms with Crippen LogP contribution in [0.15, 0.2) is 42.5 Å². The molecule has 5 nitrogen and oxygen atoms in total. The molecule has 1 aliphatic rings. The van der Waals surface area contributed by atoms with Gasteiger partial charge in [0.15, 0.2) is 0 Å². The Morgan fingerprint density at radius 2 is 1.96 bits per heavy atom. The van der Waals surface area contributed by atoms with Crippen molar-refractivity contribution in [2.45, 2.75) is 0 Å². The largest absolute Gasteiger partial charge is 0.336 e. The van der Waals surface area contributed by atoms with Crippen molar-refractivity contribution in [2.24, 2.45) is 0 Å². The van der Waals surface area contributed by atoms with Gasteiger partial charge in [-0.2, -0.15) is 0 Å². The molecule has 2 aromatic carbocycles. The van der Waals surface area contributed by atoms with Gasteiger partial charge >= 0.3 is 6.03 Å². The van der Waals surface area contributed by atoms with Gasteiger partial charge in [-0.1, -0.05) is 11.6 Å². The van der Waals surface area contributed by atoms with Crippen LogP contribution in [0.1, 0.15) is 10.4 Å². The summed E-state index contributed by atoms with van der Waals surface area (Å²) in [6.45, 7) is 1.22. The van der Waals surface area contributed by atoms with E-state index in [1.54, 1.807) is 29.2 Å². The smallest absolute Gasteiger partial charge is 0.321 e. The molecule has 2 N–H and O–H groups in total. The number of amides is 3. The summed E-state index contributed by atoms with van der Waals surface area (Å²) in [6.07, 6.45) is 0. The Morgan fingerprint density at radius 1 is 1.22 bits per heavy atom. The molecule has 23 heavy (non-hydrogen) atoms. The van der Waals surface area contributed by atoms with E-state index in [2.05, 4.69) is 10.6 Å². The first kappa shape index (κ1) is 15.3. The maximum Gasteiger partial charge on any atom is 0.321 e. The molecule has 3 rings (SSSR count). The zero-order chi connectivity index (χ0) is 16.4. The van der Waals surface area contributed by atoms with Crippen LogP contribution >= 0.6 is 11.6 Å². The van der Waals surface area contributed by atoms with Crippen molar-refractivity contribution in [2.75, 3.05) is 23.3 Å². The standard InChI is InChI=1S/C16H13ClFN3O2/c17-14-9-10(18)1-6-13(14)15(22)20-11-2-4-12(5-3-11)21-8-7-19-16(21)23/h1-6,9H,7-8H2,(H,19,23)(H,20,22). The summed E-state index contributed by atoms with van der Waals surface area (Å²) in [5, 5.41) is 5.45. The molecular weight excluding hydrogens is 321 g/mol. The number of halogens is 2. The number of hydrogen-bond donors (Lipinski definition) is 2. The van der Waals surface area contributed by atoms with Gasteiger partial charge in [0.05, 0.1) is 10.6 Å². The van der Waals surface area contributed by atoms with E-state index in [1.165, 1.54) is 12.1 Å². The van der Waals surface area contributed by atoms with Gasteiger partial charge in [-0.25, -0.2) is 9.18 Å². The van der Waals surface area contributed by atoms with Crippen molar-refractivity contribution in [1.82, 2.24) is 5.32 Å². The highest BCUT2D eigenvalue weighted by molar-refractivity contribution is 6.34. The Bertz CT molecular complexity index is 764. The van der Waals surface area contributed by atoms with E-state index >= 15 is 0 Å². The number of carbonyl (C=O) groups excluding carboxylic acids is 2. The van der Waals surface area contributed by atoms with Crippen LogP contribution in [0.4, 0.5) is 20.6 Å². The molecule has 0 spiro atoms. The average Bonchev–Trinajstić information content (AvgIpc) is 2.94. The summed E-state index contributed by atoms with van der Waals surface area (Å²) in [4.78, 5) is 25.3. The Morgan fingerprint density at radius 3 is 2.57 bits per heavy atom. The van der Waals surface area contributed by atoms with Gasteiger partial charge in [0.1, 0.15) is 5.82 Å². The zero-order valence-corrected chi connectivity index (χ0v) is 12.7. The number of urea groups is 1. The minimum absolute atomic E-state index is 0.0489. The molecule has 2 aromatic rings. The normalized spacial score (nSPS) is 13.8. The molecule has 0 unspecified atom stereocenters. The fraction of sp³-hybridized carbons (Fsp3) is 0.125. The van der Waals surface area contributed by atoms with Crippen LogP contribution in [0, 0.1) is 5.82 Å². The summed E-state index contributed by atoms with van der Waals surface area (Å²) >= 11 is 5.87. The van der Waals surface area contributed by atoms with Gasteiger partial charge in [-0.05, 0) is 42.5 Å². The Labute approximate surface area is 137 Å². The number of nitrogens with zero attached hydrogens (tertiary/aromatic N) is 1. The molecule has 3 amide bonds. The molecule has 0 bridgehead atoms. The van der Waals surface area contributed by atoms with E-state index in [0.717, 1.165) is 11.8 Å². The van der Waals surface area contributed by atoms with Crippen molar-refractivity contribution in [3.8, 4) is 0 Å². The first-order valence-electron chi connectivity index (χ1n) is 6.96. The molecule has 0 radical (unpaired) electrons. The number of benzene rings is 2. The molecule has 0 saturated carbocycles. The summed E-state index contributed by atoms with van der Waals surface area (Å²) in [5.41, 5.74) is 1.49. The number of anilines is 2.